The maximum Gasteiger partial charge on any atom is 0.281 e. The van der Waals surface area contributed by atoms with Crippen LogP contribution in [0.5, 0.6) is 0 Å². The maximum absolute atomic E-state index is 12.6. The Hall–Kier alpha value is -1.86. The molecule has 1 aliphatic rings. The highest BCUT2D eigenvalue weighted by atomic mass is 32.2. The first-order chi connectivity index (χ1) is 9.64. The van der Waals surface area contributed by atoms with Gasteiger partial charge in [-0.1, -0.05) is 18.2 Å². The first-order valence-corrected chi connectivity index (χ1v) is 7.89. The second kappa shape index (κ2) is 4.92. The number of aromatic nitrogens is 2. The molecule has 0 saturated carbocycles. The Morgan fingerprint density at radius 2 is 2.15 bits per heavy atom. The second-order valence-electron chi connectivity index (χ2n) is 4.79. The average Bonchev–Trinajstić information content (AvgIpc) is 3.08. The maximum atomic E-state index is 12.6. The van der Waals surface area contributed by atoms with E-state index in [-0.39, 0.29) is 10.9 Å². The summed E-state index contributed by atoms with van der Waals surface area (Å²) in [4.78, 5) is 0. The van der Waals surface area contributed by atoms with E-state index in [1.165, 1.54) is 16.6 Å². The quantitative estimate of drug-likeness (QED) is 0.881. The minimum atomic E-state index is -3.59. The number of nitrogens with zero attached hydrogens (tertiary/aromatic N) is 2. The Labute approximate surface area is 117 Å². The molecule has 1 aromatic carbocycles. The topological polar surface area (TPSA) is 92.1 Å². The van der Waals surface area contributed by atoms with Crippen molar-refractivity contribution in [2.45, 2.75) is 17.4 Å². The van der Waals surface area contributed by atoms with Gasteiger partial charge in [0, 0.05) is 12.5 Å². The zero-order chi connectivity index (χ0) is 14.2. The van der Waals surface area contributed by atoms with Crippen LogP contribution in [-0.2, 0) is 10.0 Å². The van der Waals surface area contributed by atoms with Crippen molar-refractivity contribution in [3.8, 4) is 0 Å². The van der Waals surface area contributed by atoms with Crippen molar-refractivity contribution in [1.29, 1.82) is 0 Å². The summed E-state index contributed by atoms with van der Waals surface area (Å²) in [6, 6.07) is 9.04. The predicted molar refractivity (Wildman–Crippen MR) is 76.0 cm³/mol. The van der Waals surface area contributed by atoms with Crippen molar-refractivity contribution >= 4 is 15.7 Å². The first-order valence-electron chi connectivity index (χ1n) is 6.45. The average molecular weight is 292 g/mol. The molecule has 1 aliphatic heterocycles. The van der Waals surface area contributed by atoms with Crippen LogP contribution in [0.3, 0.4) is 0 Å². The highest BCUT2D eigenvalue weighted by Crippen LogP contribution is 2.40. The lowest BCUT2D eigenvalue weighted by molar-refractivity contribution is 0.582. The van der Waals surface area contributed by atoms with E-state index in [9.17, 15) is 8.42 Å². The number of aromatic amines is 1. The molecule has 1 aromatic heterocycles. The number of fused-ring (bicyclic) bond motifs is 1. The third kappa shape index (κ3) is 1.99. The molecular formula is C13H16N4O2S. The lowest BCUT2D eigenvalue weighted by Crippen LogP contribution is -2.30. The molecule has 0 radical (unpaired) electrons. The van der Waals surface area contributed by atoms with Crippen LogP contribution in [-0.4, -0.2) is 31.7 Å². The standard InChI is InChI=1S/C13H16N4O2S/c14-7-5-10-9-17(12-4-2-1-3-11(10)12)20(18,19)13-6-8-15-16-13/h1-4,6,8,10H,5,7,9,14H2,(H,15,16). The van der Waals surface area contributed by atoms with Gasteiger partial charge in [0.15, 0.2) is 5.03 Å². The summed E-state index contributed by atoms with van der Waals surface area (Å²) < 4.78 is 26.7. The second-order valence-corrected chi connectivity index (χ2v) is 6.62. The van der Waals surface area contributed by atoms with E-state index in [1.54, 1.807) is 0 Å². The van der Waals surface area contributed by atoms with Crippen LogP contribution >= 0.6 is 0 Å². The van der Waals surface area contributed by atoms with E-state index >= 15 is 0 Å². The third-order valence-corrected chi connectivity index (χ3v) is 5.30. The molecule has 7 heteroatoms. The normalized spacial score (nSPS) is 18.2. The molecule has 0 saturated heterocycles. The summed E-state index contributed by atoms with van der Waals surface area (Å²) in [7, 11) is -3.59. The number of benzene rings is 1. The van der Waals surface area contributed by atoms with Crippen molar-refractivity contribution in [2.24, 2.45) is 5.73 Å². The fourth-order valence-corrected chi connectivity index (χ4v) is 4.08. The van der Waals surface area contributed by atoms with Crippen molar-refractivity contribution in [3.63, 3.8) is 0 Å². The zero-order valence-electron chi connectivity index (χ0n) is 10.9. The molecule has 1 atom stereocenters. The van der Waals surface area contributed by atoms with E-state index in [4.69, 9.17) is 5.73 Å². The highest BCUT2D eigenvalue weighted by Gasteiger charge is 2.36. The van der Waals surface area contributed by atoms with Crippen LogP contribution in [0.4, 0.5) is 5.69 Å². The molecule has 0 fully saturated rings. The van der Waals surface area contributed by atoms with Crippen molar-refractivity contribution in [3.05, 3.63) is 42.1 Å². The Kier molecular flexibility index (Phi) is 3.23. The Morgan fingerprint density at radius 3 is 2.85 bits per heavy atom. The molecule has 2 aromatic rings. The number of para-hydroxylation sites is 1. The first kappa shape index (κ1) is 13.1. The van der Waals surface area contributed by atoms with Crippen LogP contribution in [0.15, 0.2) is 41.6 Å². The van der Waals surface area contributed by atoms with E-state index in [2.05, 4.69) is 10.2 Å². The summed E-state index contributed by atoms with van der Waals surface area (Å²) in [5, 5.41) is 6.36. The minimum absolute atomic E-state index is 0.112. The van der Waals surface area contributed by atoms with Gasteiger partial charge >= 0.3 is 0 Å². The van der Waals surface area contributed by atoms with E-state index in [0.717, 1.165) is 17.7 Å². The summed E-state index contributed by atoms with van der Waals surface area (Å²) in [6.07, 6.45) is 2.21. The van der Waals surface area contributed by atoms with Crippen molar-refractivity contribution in [1.82, 2.24) is 10.2 Å². The van der Waals surface area contributed by atoms with Gasteiger partial charge in [0.25, 0.3) is 10.0 Å². The smallest absolute Gasteiger partial charge is 0.281 e. The number of anilines is 1. The Morgan fingerprint density at radius 1 is 1.35 bits per heavy atom. The largest absolute Gasteiger partial charge is 0.330 e. The van der Waals surface area contributed by atoms with Gasteiger partial charge in [-0.15, -0.1) is 0 Å². The third-order valence-electron chi connectivity index (χ3n) is 3.59. The molecule has 0 spiro atoms. The SMILES string of the molecule is NCCC1CN(S(=O)(=O)c2ccn[nH]2)c2ccccc21. The van der Waals surface area contributed by atoms with Gasteiger partial charge in [0.05, 0.1) is 11.9 Å². The molecule has 6 nitrogen and oxygen atoms in total. The molecule has 3 N–H and O–H groups in total. The van der Waals surface area contributed by atoms with Gasteiger partial charge < -0.3 is 5.73 Å². The number of hydrogen-bond acceptors (Lipinski definition) is 4. The monoisotopic (exact) mass is 292 g/mol. The van der Waals surface area contributed by atoms with E-state index in [0.29, 0.717) is 13.1 Å². The van der Waals surface area contributed by atoms with Gasteiger partial charge in [-0.05, 0) is 30.7 Å². The molecule has 20 heavy (non-hydrogen) atoms. The number of H-pyrrole nitrogens is 1. The highest BCUT2D eigenvalue weighted by molar-refractivity contribution is 7.92. The summed E-state index contributed by atoms with van der Waals surface area (Å²) in [5.74, 6) is 0.147. The van der Waals surface area contributed by atoms with E-state index < -0.39 is 10.0 Å². The van der Waals surface area contributed by atoms with E-state index in [1.807, 2.05) is 24.3 Å². The summed E-state index contributed by atoms with van der Waals surface area (Å²) >= 11 is 0. The number of rotatable bonds is 4. The number of sulfonamides is 1. The van der Waals surface area contributed by atoms with Gasteiger partial charge in [-0.25, -0.2) is 0 Å². The van der Waals surface area contributed by atoms with Crippen LogP contribution < -0.4 is 10.0 Å². The fourth-order valence-electron chi connectivity index (χ4n) is 2.64. The minimum Gasteiger partial charge on any atom is -0.330 e. The summed E-state index contributed by atoms with van der Waals surface area (Å²) in [6.45, 7) is 0.967. The zero-order valence-corrected chi connectivity index (χ0v) is 11.7. The van der Waals surface area contributed by atoms with Crippen molar-refractivity contribution in [2.75, 3.05) is 17.4 Å². The predicted octanol–water partition coefficient (Wildman–Crippen LogP) is 1.05. The van der Waals surface area contributed by atoms with Crippen LogP contribution in [0.2, 0.25) is 0 Å². The molecule has 0 aliphatic carbocycles. The molecule has 0 amide bonds. The summed E-state index contributed by atoms with van der Waals surface area (Å²) in [5.41, 5.74) is 7.41. The van der Waals surface area contributed by atoms with Crippen molar-refractivity contribution < 1.29 is 8.42 Å². The van der Waals surface area contributed by atoms with Crippen LogP contribution in [0.25, 0.3) is 0 Å². The lowest BCUT2D eigenvalue weighted by Gasteiger charge is -2.18. The molecule has 106 valence electrons. The van der Waals surface area contributed by atoms with Gasteiger partial charge in [-0.2, -0.15) is 13.5 Å². The van der Waals surface area contributed by atoms with Crippen LogP contribution in [0, 0.1) is 0 Å². The molecule has 3 rings (SSSR count). The molecular weight excluding hydrogens is 276 g/mol. The molecule has 0 bridgehead atoms. The van der Waals surface area contributed by atoms with Gasteiger partial charge in [-0.3, -0.25) is 9.40 Å². The molecule has 2 heterocycles. The van der Waals surface area contributed by atoms with Gasteiger partial charge in [0.2, 0.25) is 0 Å². The number of nitrogens with one attached hydrogen (secondary N) is 1. The Bertz CT molecular complexity index is 697. The number of hydrogen-bond donors (Lipinski definition) is 2. The van der Waals surface area contributed by atoms with Crippen LogP contribution in [0.1, 0.15) is 17.9 Å². The number of nitrogens with two attached hydrogens (primary N) is 1. The fraction of sp³-hybridized carbons (Fsp3) is 0.308. The van der Waals surface area contributed by atoms with Gasteiger partial charge in [0.1, 0.15) is 0 Å². The lowest BCUT2D eigenvalue weighted by atomic mass is 9.98. The Balaban J connectivity index is 2.05. The molecule has 1 unspecified atom stereocenters.